The van der Waals surface area contributed by atoms with Gasteiger partial charge in [-0.15, -0.1) is 0 Å². The summed E-state index contributed by atoms with van der Waals surface area (Å²) in [6.07, 6.45) is -2.40. The average molecular weight is 455 g/mol. The number of hydrogen-bond donors (Lipinski definition) is 0. The molecule has 2 fully saturated rings. The fourth-order valence-electron chi connectivity index (χ4n) is 3.69. The Morgan fingerprint density at radius 1 is 1.03 bits per heavy atom. The van der Waals surface area contributed by atoms with Crippen LogP contribution in [0.1, 0.15) is 39.5 Å². The standard InChI is InChI=1S/C23H38O7Si/c1-9-26-20-19(30-31(7,8)23(2,3)4)18-17(28-22(20)25-6)14-27-21(29-18)15-10-12-16(24-5)13-11-15/h10-13,17-22H,9,14H2,1-8H3/t17-,18-,19+,20+,21?,22-/m1/s1. The van der Waals surface area contributed by atoms with Gasteiger partial charge >= 0.3 is 0 Å². The maximum Gasteiger partial charge on any atom is 0.192 e. The van der Waals surface area contributed by atoms with E-state index in [9.17, 15) is 0 Å². The van der Waals surface area contributed by atoms with Gasteiger partial charge in [-0.2, -0.15) is 0 Å². The fraction of sp³-hybridized carbons (Fsp3) is 0.739. The lowest BCUT2D eigenvalue weighted by Gasteiger charge is -2.51. The maximum absolute atomic E-state index is 6.88. The molecule has 1 aromatic carbocycles. The van der Waals surface area contributed by atoms with Crippen LogP contribution in [0, 0.1) is 0 Å². The zero-order chi connectivity index (χ0) is 22.8. The Kier molecular flexibility index (Phi) is 7.84. The van der Waals surface area contributed by atoms with Crippen molar-refractivity contribution >= 4 is 8.32 Å². The van der Waals surface area contributed by atoms with Crippen LogP contribution < -0.4 is 4.74 Å². The highest BCUT2D eigenvalue weighted by molar-refractivity contribution is 6.74. The molecule has 3 rings (SSSR count). The van der Waals surface area contributed by atoms with Gasteiger partial charge in [0, 0.05) is 19.3 Å². The molecule has 1 unspecified atom stereocenters. The van der Waals surface area contributed by atoms with E-state index >= 15 is 0 Å². The summed E-state index contributed by atoms with van der Waals surface area (Å²) in [6.45, 7) is 14.0. The number of benzene rings is 1. The van der Waals surface area contributed by atoms with Crippen molar-refractivity contribution in [3.63, 3.8) is 0 Å². The van der Waals surface area contributed by atoms with Crippen molar-refractivity contribution < 1.29 is 32.8 Å². The molecule has 1 aromatic rings. The van der Waals surface area contributed by atoms with E-state index in [1.165, 1.54) is 0 Å². The summed E-state index contributed by atoms with van der Waals surface area (Å²) in [5.41, 5.74) is 0.923. The third-order valence-corrected chi connectivity index (χ3v) is 11.0. The molecule has 0 bridgehead atoms. The predicted octanol–water partition coefficient (Wildman–Crippen LogP) is 4.28. The van der Waals surface area contributed by atoms with Gasteiger partial charge in [-0.05, 0) is 37.2 Å². The molecule has 176 valence electrons. The molecular weight excluding hydrogens is 416 g/mol. The second-order valence-electron chi connectivity index (χ2n) is 9.58. The molecule has 0 amide bonds. The van der Waals surface area contributed by atoms with E-state index in [2.05, 4.69) is 33.9 Å². The molecule has 2 saturated heterocycles. The first-order chi connectivity index (χ1) is 14.6. The molecule has 7 nitrogen and oxygen atoms in total. The topological polar surface area (TPSA) is 64.6 Å². The van der Waals surface area contributed by atoms with Crippen LogP contribution in [0.15, 0.2) is 24.3 Å². The fourth-order valence-corrected chi connectivity index (χ4v) is 4.99. The SMILES string of the molecule is CCO[C@@H]1[C@H](OC)O[C@@H]2COC(c3ccc(OC)cc3)O[C@H]2[C@@H]1O[Si](C)(C)C(C)(C)C. The van der Waals surface area contributed by atoms with Crippen molar-refractivity contribution in [1.29, 1.82) is 0 Å². The van der Waals surface area contributed by atoms with Crippen LogP contribution in [0.25, 0.3) is 0 Å². The van der Waals surface area contributed by atoms with Crippen LogP contribution in [0.2, 0.25) is 18.1 Å². The Morgan fingerprint density at radius 3 is 2.26 bits per heavy atom. The van der Waals surface area contributed by atoms with Crippen molar-refractivity contribution in [3.05, 3.63) is 29.8 Å². The first-order valence-electron chi connectivity index (χ1n) is 11.0. The number of rotatable bonds is 7. The van der Waals surface area contributed by atoms with Gasteiger partial charge in [0.05, 0.1) is 13.7 Å². The first-order valence-corrected chi connectivity index (χ1v) is 13.9. The van der Waals surface area contributed by atoms with Crippen LogP contribution in [0.5, 0.6) is 5.75 Å². The third kappa shape index (κ3) is 5.33. The molecule has 2 aliphatic rings. The number of ether oxygens (including phenoxy) is 6. The van der Waals surface area contributed by atoms with Crippen LogP contribution in [0.4, 0.5) is 0 Å². The van der Waals surface area contributed by atoms with E-state index < -0.39 is 20.9 Å². The maximum atomic E-state index is 6.88. The highest BCUT2D eigenvalue weighted by Crippen LogP contribution is 2.42. The molecule has 0 aliphatic carbocycles. The molecule has 0 N–H and O–H groups in total. The Hall–Kier alpha value is -1.00. The molecular formula is C23H38O7Si. The Morgan fingerprint density at radius 2 is 1.71 bits per heavy atom. The molecule has 2 aliphatic heterocycles. The van der Waals surface area contributed by atoms with Gasteiger partial charge in [-0.1, -0.05) is 32.9 Å². The lowest BCUT2D eigenvalue weighted by molar-refractivity contribution is -0.360. The van der Waals surface area contributed by atoms with Crippen molar-refractivity contribution in [1.82, 2.24) is 0 Å². The number of methoxy groups -OCH3 is 2. The monoisotopic (exact) mass is 454 g/mol. The smallest absolute Gasteiger partial charge is 0.192 e. The highest BCUT2D eigenvalue weighted by Gasteiger charge is 2.54. The molecule has 0 spiro atoms. The quantitative estimate of drug-likeness (QED) is 0.570. The summed E-state index contributed by atoms with van der Waals surface area (Å²) in [6, 6.07) is 7.71. The molecule has 2 heterocycles. The van der Waals surface area contributed by atoms with E-state index in [-0.39, 0.29) is 29.5 Å². The molecule has 0 radical (unpaired) electrons. The summed E-state index contributed by atoms with van der Waals surface area (Å²) in [5, 5.41) is 0.0423. The molecule has 31 heavy (non-hydrogen) atoms. The van der Waals surface area contributed by atoms with Crippen molar-refractivity contribution in [3.8, 4) is 5.75 Å². The van der Waals surface area contributed by atoms with Gasteiger partial charge in [0.15, 0.2) is 20.9 Å². The average Bonchev–Trinajstić information content (AvgIpc) is 2.74. The van der Waals surface area contributed by atoms with E-state index in [1.807, 2.05) is 31.2 Å². The van der Waals surface area contributed by atoms with Gasteiger partial charge in [-0.25, -0.2) is 0 Å². The molecule has 6 atom stereocenters. The Labute approximate surface area is 187 Å². The van der Waals surface area contributed by atoms with E-state index in [4.69, 9.17) is 32.8 Å². The largest absolute Gasteiger partial charge is 0.497 e. The van der Waals surface area contributed by atoms with Crippen LogP contribution in [-0.2, 0) is 28.1 Å². The summed E-state index contributed by atoms with van der Waals surface area (Å²) >= 11 is 0. The number of hydrogen-bond acceptors (Lipinski definition) is 7. The second kappa shape index (κ2) is 9.87. The van der Waals surface area contributed by atoms with Gasteiger partial charge in [0.25, 0.3) is 0 Å². The highest BCUT2D eigenvalue weighted by atomic mass is 28.4. The summed E-state index contributed by atoms with van der Waals surface area (Å²) in [5.74, 6) is 0.789. The van der Waals surface area contributed by atoms with Crippen LogP contribution >= 0.6 is 0 Å². The van der Waals surface area contributed by atoms with E-state index in [0.29, 0.717) is 13.2 Å². The van der Waals surface area contributed by atoms with Crippen molar-refractivity contribution in [2.45, 2.75) is 82.8 Å². The van der Waals surface area contributed by atoms with Gasteiger partial charge < -0.3 is 32.8 Å². The minimum absolute atomic E-state index is 0.0423. The Bertz CT molecular complexity index is 703. The summed E-state index contributed by atoms with van der Waals surface area (Å²) in [7, 11) is 1.15. The van der Waals surface area contributed by atoms with Crippen LogP contribution in [-0.4, -0.2) is 66.5 Å². The van der Waals surface area contributed by atoms with Gasteiger partial charge in [0.2, 0.25) is 0 Å². The number of fused-ring (bicyclic) bond motifs is 1. The minimum atomic E-state index is -2.12. The zero-order valence-corrected chi connectivity index (χ0v) is 21.0. The molecule has 8 heteroatoms. The molecule has 0 aromatic heterocycles. The Balaban J connectivity index is 1.89. The summed E-state index contributed by atoms with van der Waals surface area (Å²) in [4.78, 5) is 0. The van der Waals surface area contributed by atoms with Crippen molar-refractivity contribution in [2.24, 2.45) is 0 Å². The second-order valence-corrected chi connectivity index (χ2v) is 14.3. The normalized spacial score (nSPS) is 31.9. The van der Waals surface area contributed by atoms with E-state index in [0.717, 1.165) is 11.3 Å². The van der Waals surface area contributed by atoms with E-state index in [1.54, 1.807) is 14.2 Å². The van der Waals surface area contributed by atoms with Crippen molar-refractivity contribution in [2.75, 3.05) is 27.4 Å². The van der Waals surface area contributed by atoms with Gasteiger partial charge in [-0.3, -0.25) is 0 Å². The first kappa shape index (κ1) is 24.6. The summed E-state index contributed by atoms with van der Waals surface area (Å²) < 4.78 is 42.5. The molecule has 0 saturated carbocycles. The predicted molar refractivity (Wildman–Crippen MR) is 120 cm³/mol. The van der Waals surface area contributed by atoms with Gasteiger partial charge in [0.1, 0.15) is 30.2 Å². The van der Waals surface area contributed by atoms with Crippen LogP contribution in [0.3, 0.4) is 0 Å². The third-order valence-electron chi connectivity index (χ3n) is 6.50. The lowest BCUT2D eigenvalue weighted by atomic mass is 9.97. The zero-order valence-electron chi connectivity index (χ0n) is 20.0. The minimum Gasteiger partial charge on any atom is -0.497 e. The lowest BCUT2D eigenvalue weighted by Crippen LogP contribution is -2.66.